The molecule has 10 aromatic rings. The van der Waals surface area contributed by atoms with Gasteiger partial charge in [-0.05, 0) is 70.6 Å². The molecule has 3 heteroatoms. The van der Waals surface area contributed by atoms with Gasteiger partial charge in [0.2, 0.25) is 0 Å². The summed E-state index contributed by atoms with van der Waals surface area (Å²) in [6, 6.07) is 62.0. The largest absolute Gasteiger partial charge is 0.456 e. The molecule has 0 saturated carbocycles. The molecule has 0 fully saturated rings. The second-order valence-electron chi connectivity index (χ2n) is 12.5. The number of para-hydroxylation sites is 2. The summed E-state index contributed by atoms with van der Waals surface area (Å²) >= 11 is 0. The third kappa shape index (κ3) is 4.44. The van der Waals surface area contributed by atoms with E-state index in [0.717, 1.165) is 83.2 Å². The molecular weight excluding hydrogens is 599 g/mol. The standard InChI is InChI=1S/C46H29NO2/c1-2-11-32(12-3-1)36-17-9-18-37-39-29-33(25-28-43(39)49-46(36)37)30-23-26-34(27-24-30)47(40-19-8-14-31-13-4-5-15-35(31)40)41-20-10-22-44-45(41)38-16-6-7-21-42(38)48-44/h1-29H. The Bertz CT molecular complexity index is 2820. The Morgan fingerprint density at radius 1 is 0.367 bits per heavy atom. The first-order valence-corrected chi connectivity index (χ1v) is 16.6. The fourth-order valence-corrected chi connectivity index (χ4v) is 7.38. The van der Waals surface area contributed by atoms with Crippen molar-refractivity contribution >= 4 is 71.7 Å². The fourth-order valence-electron chi connectivity index (χ4n) is 7.38. The molecule has 0 bridgehead atoms. The molecule has 0 spiro atoms. The molecular formula is C46H29NO2. The normalized spacial score (nSPS) is 11.7. The SMILES string of the molecule is c1ccc(-c2cccc3c2oc2ccc(-c4ccc(N(c5cccc6ccccc56)c5cccc6oc7ccccc7c56)cc4)cc23)cc1. The first-order chi connectivity index (χ1) is 24.3. The molecule has 0 saturated heterocycles. The molecule has 2 aromatic heterocycles. The van der Waals surface area contributed by atoms with Gasteiger partial charge in [0.25, 0.3) is 0 Å². The molecule has 0 unspecified atom stereocenters. The first-order valence-electron chi connectivity index (χ1n) is 16.6. The van der Waals surface area contributed by atoms with E-state index in [1.165, 1.54) is 10.8 Å². The smallest absolute Gasteiger partial charge is 0.143 e. The van der Waals surface area contributed by atoms with E-state index in [1.54, 1.807) is 0 Å². The van der Waals surface area contributed by atoms with Crippen LogP contribution in [-0.2, 0) is 0 Å². The number of anilines is 3. The van der Waals surface area contributed by atoms with Gasteiger partial charge in [0.05, 0.1) is 16.8 Å². The highest BCUT2D eigenvalue weighted by Gasteiger charge is 2.21. The van der Waals surface area contributed by atoms with Crippen LogP contribution in [0.25, 0.3) is 76.9 Å². The average Bonchev–Trinajstić information content (AvgIpc) is 3.74. The second-order valence-corrected chi connectivity index (χ2v) is 12.5. The van der Waals surface area contributed by atoms with Crippen molar-refractivity contribution in [2.75, 3.05) is 4.90 Å². The van der Waals surface area contributed by atoms with Gasteiger partial charge in [0, 0.05) is 32.8 Å². The molecule has 2 heterocycles. The lowest BCUT2D eigenvalue weighted by molar-refractivity contribution is 0.669. The maximum absolute atomic E-state index is 6.46. The first kappa shape index (κ1) is 27.5. The minimum Gasteiger partial charge on any atom is -0.456 e. The number of hydrogen-bond acceptors (Lipinski definition) is 3. The maximum Gasteiger partial charge on any atom is 0.143 e. The molecule has 0 aliphatic heterocycles. The van der Waals surface area contributed by atoms with Gasteiger partial charge >= 0.3 is 0 Å². The van der Waals surface area contributed by atoms with E-state index in [2.05, 4.69) is 163 Å². The summed E-state index contributed by atoms with van der Waals surface area (Å²) in [4.78, 5) is 2.37. The molecule has 0 amide bonds. The van der Waals surface area contributed by atoms with Gasteiger partial charge < -0.3 is 13.7 Å². The Kier molecular flexibility index (Phi) is 6.18. The molecule has 0 aliphatic rings. The van der Waals surface area contributed by atoms with Crippen molar-refractivity contribution in [3.63, 3.8) is 0 Å². The Morgan fingerprint density at radius 3 is 1.92 bits per heavy atom. The van der Waals surface area contributed by atoms with Crippen molar-refractivity contribution < 1.29 is 8.83 Å². The predicted octanol–water partition coefficient (Wildman–Crippen LogP) is 13.4. The molecule has 0 radical (unpaired) electrons. The summed E-state index contributed by atoms with van der Waals surface area (Å²) < 4.78 is 12.8. The van der Waals surface area contributed by atoms with Gasteiger partial charge in [0.1, 0.15) is 22.3 Å². The van der Waals surface area contributed by atoms with Gasteiger partial charge in [-0.3, -0.25) is 0 Å². The van der Waals surface area contributed by atoms with E-state index in [9.17, 15) is 0 Å². The van der Waals surface area contributed by atoms with Crippen LogP contribution in [0.2, 0.25) is 0 Å². The van der Waals surface area contributed by atoms with Crippen LogP contribution in [0.4, 0.5) is 17.1 Å². The van der Waals surface area contributed by atoms with Crippen LogP contribution >= 0.6 is 0 Å². The van der Waals surface area contributed by atoms with Crippen molar-refractivity contribution in [1.82, 2.24) is 0 Å². The van der Waals surface area contributed by atoms with Crippen LogP contribution in [-0.4, -0.2) is 0 Å². The summed E-state index contributed by atoms with van der Waals surface area (Å²) in [6.45, 7) is 0. The number of furan rings is 2. The van der Waals surface area contributed by atoms with Gasteiger partial charge in [-0.15, -0.1) is 0 Å². The summed E-state index contributed by atoms with van der Waals surface area (Å²) in [5.74, 6) is 0. The van der Waals surface area contributed by atoms with Crippen molar-refractivity contribution in [1.29, 1.82) is 0 Å². The fraction of sp³-hybridized carbons (Fsp3) is 0. The Hall–Kier alpha value is -6.58. The summed E-state index contributed by atoms with van der Waals surface area (Å²) in [7, 11) is 0. The highest BCUT2D eigenvalue weighted by atomic mass is 16.3. The van der Waals surface area contributed by atoms with Gasteiger partial charge in [-0.1, -0.05) is 127 Å². The molecule has 10 rings (SSSR count). The topological polar surface area (TPSA) is 29.5 Å². The number of nitrogens with zero attached hydrogens (tertiary/aromatic N) is 1. The zero-order valence-electron chi connectivity index (χ0n) is 26.5. The van der Waals surface area contributed by atoms with Crippen LogP contribution < -0.4 is 4.90 Å². The average molecular weight is 628 g/mol. The minimum absolute atomic E-state index is 0.872. The molecule has 3 nitrogen and oxygen atoms in total. The van der Waals surface area contributed by atoms with Crippen molar-refractivity contribution in [2.24, 2.45) is 0 Å². The van der Waals surface area contributed by atoms with Crippen LogP contribution in [0.5, 0.6) is 0 Å². The third-order valence-electron chi connectivity index (χ3n) is 9.67. The number of benzene rings is 8. The van der Waals surface area contributed by atoms with E-state index < -0.39 is 0 Å². The lowest BCUT2D eigenvalue weighted by Crippen LogP contribution is -2.10. The molecule has 230 valence electrons. The molecule has 0 N–H and O–H groups in total. The second kappa shape index (κ2) is 11.0. The summed E-state index contributed by atoms with van der Waals surface area (Å²) in [5.41, 5.74) is 11.4. The lowest BCUT2D eigenvalue weighted by Gasteiger charge is -2.27. The van der Waals surface area contributed by atoms with Crippen LogP contribution in [0.1, 0.15) is 0 Å². The summed E-state index contributed by atoms with van der Waals surface area (Å²) in [6.07, 6.45) is 0. The van der Waals surface area contributed by atoms with Crippen LogP contribution in [0.15, 0.2) is 185 Å². The predicted molar refractivity (Wildman–Crippen MR) is 204 cm³/mol. The zero-order valence-corrected chi connectivity index (χ0v) is 26.5. The van der Waals surface area contributed by atoms with Crippen molar-refractivity contribution in [2.45, 2.75) is 0 Å². The van der Waals surface area contributed by atoms with E-state index in [0.29, 0.717) is 0 Å². The van der Waals surface area contributed by atoms with E-state index in [-0.39, 0.29) is 0 Å². The Labute approximate surface area is 282 Å². The maximum atomic E-state index is 6.46. The number of rotatable bonds is 5. The van der Waals surface area contributed by atoms with Gasteiger partial charge in [-0.25, -0.2) is 0 Å². The highest BCUT2D eigenvalue weighted by molar-refractivity contribution is 6.15. The van der Waals surface area contributed by atoms with Gasteiger partial charge in [0.15, 0.2) is 0 Å². The monoisotopic (exact) mass is 627 g/mol. The van der Waals surface area contributed by atoms with E-state index in [1.807, 2.05) is 18.2 Å². The van der Waals surface area contributed by atoms with Crippen LogP contribution in [0, 0.1) is 0 Å². The Balaban J connectivity index is 1.12. The molecule has 8 aromatic carbocycles. The van der Waals surface area contributed by atoms with Crippen molar-refractivity contribution in [3.8, 4) is 22.3 Å². The molecule has 0 aliphatic carbocycles. The number of fused-ring (bicyclic) bond motifs is 7. The minimum atomic E-state index is 0.872. The molecule has 0 atom stereocenters. The third-order valence-corrected chi connectivity index (χ3v) is 9.67. The lowest BCUT2D eigenvalue weighted by atomic mass is 9.99. The van der Waals surface area contributed by atoms with E-state index >= 15 is 0 Å². The van der Waals surface area contributed by atoms with Crippen molar-refractivity contribution in [3.05, 3.63) is 176 Å². The Morgan fingerprint density at radius 2 is 1.02 bits per heavy atom. The van der Waals surface area contributed by atoms with Crippen LogP contribution in [0.3, 0.4) is 0 Å². The quantitative estimate of drug-likeness (QED) is 0.190. The van der Waals surface area contributed by atoms with E-state index in [4.69, 9.17) is 8.83 Å². The molecule has 49 heavy (non-hydrogen) atoms. The highest BCUT2D eigenvalue weighted by Crippen LogP contribution is 2.45. The summed E-state index contributed by atoms with van der Waals surface area (Å²) in [5, 5.41) is 6.82. The zero-order chi connectivity index (χ0) is 32.3. The van der Waals surface area contributed by atoms with Gasteiger partial charge in [-0.2, -0.15) is 0 Å². The number of hydrogen-bond donors (Lipinski definition) is 0.